The van der Waals surface area contributed by atoms with Gasteiger partial charge in [0, 0.05) is 16.6 Å². The van der Waals surface area contributed by atoms with E-state index in [-0.39, 0.29) is 5.56 Å². The largest absolute Gasteiger partial charge is 0.399 e. The van der Waals surface area contributed by atoms with Crippen LogP contribution in [0.3, 0.4) is 0 Å². The van der Waals surface area contributed by atoms with E-state index >= 15 is 0 Å². The van der Waals surface area contributed by atoms with Crippen molar-refractivity contribution in [1.29, 1.82) is 0 Å². The summed E-state index contributed by atoms with van der Waals surface area (Å²) in [5, 5.41) is 1.16. The predicted octanol–water partition coefficient (Wildman–Crippen LogP) is 1.99. The third kappa shape index (κ3) is 1.32. The topological polar surface area (TPSA) is 58.9 Å². The number of aromatic amines is 1. The van der Waals surface area contributed by atoms with Crippen LogP contribution in [0, 0.1) is 0 Å². The van der Waals surface area contributed by atoms with Gasteiger partial charge in [0.2, 0.25) is 0 Å². The Hall–Kier alpha value is -1.77. The first-order valence-corrected chi connectivity index (χ1v) is 5.69. The smallest absolute Gasteiger partial charge is 0.251 e. The SMILES string of the molecule is Nc1ccc2c3c(c(=O)[nH]c2c1)CCCC3. The van der Waals surface area contributed by atoms with Crippen LogP contribution in [-0.4, -0.2) is 4.98 Å². The molecule has 3 N–H and O–H groups in total. The number of aromatic nitrogens is 1. The van der Waals surface area contributed by atoms with E-state index in [4.69, 9.17) is 5.73 Å². The number of fused-ring (bicyclic) bond motifs is 3. The van der Waals surface area contributed by atoms with Gasteiger partial charge in [0.15, 0.2) is 0 Å². The van der Waals surface area contributed by atoms with Gasteiger partial charge in [-0.05, 0) is 43.4 Å². The number of benzene rings is 1. The van der Waals surface area contributed by atoms with Crippen LogP contribution in [0.25, 0.3) is 10.9 Å². The number of hydrogen-bond donors (Lipinski definition) is 2. The van der Waals surface area contributed by atoms with Crippen LogP contribution in [0.5, 0.6) is 0 Å². The minimum Gasteiger partial charge on any atom is -0.399 e. The molecule has 0 spiro atoms. The van der Waals surface area contributed by atoms with Gasteiger partial charge < -0.3 is 10.7 Å². The highest BCUT2D eigenvalue weighted by molar-refractivity contribution is 5.85. The zero-order valence-corrected chi connectivity index (χ0v) is 9.05. The molecule has 1 heterocycles. The van der Waals surface area contributed by atoms with Crippen molar-refractivity contribution in [2.24, 2.45) is 0 Å². The first-order valence-electron chi connectivity index (χ1n) is 5.69. The van der Waals surface area contributed by atoms with E-state index in [1.54, 1.807) is 0 Å². The summed E-state index contributed by atoms with van der Waals surface area (Å²) in [6.45, 7) is 0. The number of nitrogens with two attached hydrogens (primary N) is 1. The normalized spacial score (nSPS) is 15.0. The highest BCUT2D eigenvalue weighted by Crippen LogP contribution is 2.26. The number of aryl methyl sites for hydroxylation is 1. The van der Waals surface area contributed by atoms with Crippen LogP contribution in [0.2, 0.25) is 0 Å². The molecule has 16 heavy (non-hydrogen) atoms. The van der Waals surface area contributed by atoms with E-state index in [0.717, 1.165) is 35.7 Å². The average Bonchev–Trinajstić information content (AvgIpc) is 2.29. The maximum atomic E-state index is 11.9. The van der Waals surface area contributed by atoms with Crippen LogP contribution >= 0.6 is 0 Å². The maximum absolute atomic E-state index is 11.9. The van der Waals surface area contributed by atoms with E-state index in [2.05, 4.69) is 4.98 Å². The van der Waals surface area contributed by atoms with E-state index in [1.807, 2.05) is 18.2 Å². The highest BCUT2D eigenvalue weighted by Gasteiger charge is 2.15. The number of nitrogen functional groups attached to an aromatic ring is 1. The number of hydrogen-bond acceptors (Lipinski definition) is 2. The molecule has 1 aromatic carbocycles. The lowest BCUT2D eigenvalue weighted by atomic mass is 9.90. The van der Waals surface area contributed by atoms with E-state index in [1.165, 1.54) is 12.0 Å². The van der Waals surface area contributed by atoms with Crippen LogP contribution in [-0.2, 0) is 12.8 Å². The molecule has 0 saturated carbocycles. The number of H-pyrrole nitrogens is 1. The molecular weight excluding hydrogens is 200 g/mol. The highest BCUT2D eigenvalue weighted by atomic mass is 16.1. The first-order chi connectivity index (χ1) is 7.75. The lowest BCUT2D eigenvalue weighted by Gasteiger charge is -2.16. The molecule has 0 unspecified atom stereocenters. The van der Waals surface area contributed by atoms with Crippen molar-refractivity contribution in [2.75, 3.05) is 5.73 Å². The van der Waals surface area contributed by atoms with Crippen LogP contribution in [0.15, 0.2) is 23.0 Å². The molecular formula is C13H14N2O. The molecule has 0 saturated heterocycles. The maximum Gasteiger partial charge on any atom is 0.251 e. The van der Waals surface area contributed by atoms with Gasteiger partial charge in [0.1, 0.15) is 0 Å². The molecule has 82 valence electrons. The Morgan fingerprint density at radius 2 is 1.88 bits per heavy atom. The fourth-order valence-corrected chi connectivity index (χ4v) is 2.58. The van der Waals surface area contributed by atoms with E-state index in [9.17, 15) is 4.79 Å². The lowest BCUT2D eigenvalue weighted by Crippen LogP contribution is -2.19. The summed E-state index contributed by atoms with van der Waals surface area (Å²) >= 11 is 0. The fourth-order valence-electron chi connectivity index (χ4n) is 2.58. The molecule has 3 heteroatoms. The molecule has 1 aromatic heterocycles. The quantitative estimate of drug-likeness (QED) is 0.659. The molecule has 1 aliphatic carbocycles. The zero-order chi connectivity index (χ0) is 11.1. The van der Waals surface area contributed by atoms with Gasteiger partial charge in [0.05, 0.1) is 5.52 Å². The van der Waals surface area contributed by atoms with Crippen molar-refractivity contribution in [1.82, 2.24) is 4.98 Å². The second-order valence-corrected chi connectivity index (χ2v) is 4.42. The molecule has 3 nitrogen and oxygen atoms in total. The lowest BCUT2D eigenvalue weighted by molar-refractivity contribution is 0.682. The Bertz CT molecular complexity index is 613. The second kappa shape index (κ2) is 3.37. The van der Waals surface area contributed by atoms with Gasteiger partial charge in [-0.3, -0.25) is 4.79 Å². The first kappa shape index (κ1) is 9.46. The van der Waals surface area contributed by atoms with Crippen LogP contribution in [0.4, 0.5) is 5.69 Å². The number of pyridine rings is 1. The van der Waals surface area contributed by atoms with Gasteiger partial charge in [-0.15, -0.1) is 0 Å². The molecule has 0 atom stereocenters. The molecule has 0 amide bonds. The summed E-state index contributed by atoms with van der Waals surface area (Å²) in [7, 11) is 0. The summed E-state index contributed by atoms with van der Waals surface area (Å²) in [4.78, 5) is 14.8. The molecule has 0 fully saturated rings. The van der Waals surface area contributed by atoms with Crippen LogP contribution in [0.1, 0.15) is 24.0 Å². The van der Waals surface area contributed by atoms with Crippen molar-refractivity contribution in [3.8, 4) is 0 Å². The summed E-state index contributed by atoms with van der Waals surface area (Å²) in [6.07, 6.45) is 4.22. The summed E-state index contributed by atoms with van der Waals surface area (Å²) in [5.41, 5.74) is 9.55. The number of nitrogens with one attached hydrogen (secondary N) is 1. The Kier molecular flexibility index (Phi) is 1.99. The second-order valence-electron chi connectivity index (χ2n) is 4.42. The summed E-state index contributed by atoms with van der Waals surface area (Å²) < 4.78 is 0. The number of anilines is 1. The van der Waals surface area contributed by atoms with Crippen molar-refractivity contribution in [3.63, 3.8) is 0 Å². The minimum absolute atomic E-state index is 0.0628. The fraction of sp³-hybridized carbons (Fsp3) is 0.308. The van der Waals surface area contributed by atoms with E-state index in [0.29, 0.717) is 5.69 Å². The van der Waals surface area contributed by atoms with Crippen LogP contribution < -0.4 is 11.3 Å². The monoisotopic (exact) mass is 214 g/mol. The Morgan fingerprint density at radius 3 is 2.69 bits per heavy atom. The van der Waals surface area contributed by atoms with Crippen molar-refractivity contribution < 1.29 is 0 Å². The van der Waals surface area contributed by atoms with Gasteiger partial charge >= 0.3 is 0 Å². The van der Waals surface area contributed by atoms with Crippen molar-refractivity contribution in [3.05, 3.63) is 39.7 Å². The Labute approximate surface area is 93.3 Å². The van der Waals surface area contributed by atoms with Gasteiger partial charge in [-0.25, -0.2) is 0 Å². The van der Waals surface area contributed by atoms with Crippen molar-refractivity contribution >= 4 is 16.6 Å². The van der Waals surface area contributed by atoms with Gasteiger partial charge in [0.25, 0.3) is 5.56 Å². The molecule has 0 aliphatic heterocycles. The Balaban J connectivity index is 2.42. The standard InChI is InChI=1S/C13H14N2O/c14-8-5-6-10-9-3-1-2-4-11(9)13(16)15-12(10)7-8/h5-7H,1-4,14H2,(H,15,16). The molecule has 1 aliphatic rings. The third-order valence-corrected chi connectivity index (χ3v) is 3.36. The molecule has 0 radical (unpaired) electrons. The third-order valence-electron chi connectivity index (χ3n) is 3.36. The Morgan fingerprint density at radius 1 is 1.12 bits per heavy atom. The average molecular weight is 214 g/mol. The van der Waals surface area contributed by atoms with Gasteiger partial charge in [-0.1, -0.05) is 6.07 Å². The zero-order valence-electron chi connectivity index (χ0n) is 9.05. The molecule has 0 bridgehead atoms. The summed E-state index contributed by atoms with van der Waals surface area (Å²) in [5.74, 6) is 0. The van der Waals surface area contributed by atoms with Gasteiger partial charge in [-0.2, -0.15) is 0 Å². The minimum atomic E-state index is 0.0628. The summed E-state index contributed by atoms with van der Waals surface area (Å²) in [6, 6.07) is 5.76. The molecule has 2 aromatic rings. The molecule has 3 rings (SSSR count). The predicted molar refractivity (Wildman–Crippen MR) is 65.6 cm³/mol. The number of rotatable bonds is 0. The van der Waals surface area contributed by atoms with E-state index < -0.39 is 0 Å². The van der Waals surface area contributed by atoms with Crippen molar-refractivity contribution in [2.45, 2.75) is 25.7 Å².